The van der Waals surface area contributed by atoms with Gasteiger partial charge in [-0.05, 0) is 45.7 Å². The quantitative estimate of drug-likeness (QED) is 0.946. The monoisotopic (exact) mass is 319 g/mol. The maximum absolute atomic E-state index is 12.5. The van der Waals surface area contributed by atoms with Crippen molar-refractivity contribution >= 4 is 17.2 Å². The van der Waals surface area contributed by atoms with Gasteiger partial charge in [-0.2, -0.15) is 0 Å². The van der Waals surface area contributed by atoms with Crippen LogP contribution in [0.5, 0.6) is 0 Å². The molecule has 0 aliphatic carbocycles. The summed E-state index contributed by atoms with van der Waals surface area (Å²) in [5, 5.41) is 3.95. The van der Waals surface area contributed by atoms with Gasteiger partial charge in [0, 0.05) is 25.0 Å². The van der Waals surface area contributed by atoms with Crippen molar-refractivity contribution in [1.29, 1.82) is 0 Å². The maximum Gasteiger partial charge on any atom is 0.263 e. The highest BCUT2D eigenvalue weighted by Crippen LogP contribution is 2.26. The fraction of sp³-hybridized carbons (Fsp3) is 0.500. The van der Waals surface area contributed by atoms with E-state index in [2.05, 4.69) is 24.1 Å². The summed E-state index contributed by atoms with van der Waals surface area (Å²) in [6, 6.07) is 4.05. The Labute approximate surface area is 134 Å². The highest BCUT2D eigenvalue weighted by molar-refractivity contribution is 7.16. The number of hydrogen-bond donors (Lipinski definition) is 1. The molecule has 3 heterocycles. The average molecular weight is 319 g/mol. The number of nitrogens with zero attached hydrogens (tertiary/aromatic N) is 2. The summed E-state index contributed by atoms with van der Waals surface area (Å²) in [7, 11) is 0. The number of carbonyl (C=O) groups is 1. The fourth-order valence-electron chi connectivity index (χ4n) is 2.77. The predicted molar refractivity (Wildman–Crippen MR) is 86.7 cm³/mol. The van der Waals surface area contributed by atoms with Crippen LogP contribution in [0.2, 0.25) is 0 Å². The molecule has 22 heavy (non-hydrogen) atoms. The molecule has 1 aliphatic rings. The van der Waals surface area contributed by atoms with Crippen LogP contribution in [0, 0.1) is 6.92 Å². The van der Waals surface area contributed by atoms with E-state index in [0.717, 1.165) is 23.7 Å². The van der Waals surface area contributed by atoms with Gasteiger partial charge in [0.15, 0.2) is 5.13 Å². The summed E-state index contributed by atoms with van der Waals surface area (Å²) in [4.78, 5) is 17.7. The third-order valence-corrected chi connectivity index (χ3v) is 5.02. The smallest absolute Gasteiger partial charge is 0.263 e. The van der Waals surface area contributed by atoms with Gasteiger partial charge in [0.05, 0.1) is 11.3 Å². The number of rotatable bonds is 3. The van der Waals surface area contributed by atoms with Crippen LogP contribution in [-0.2, 0) is 4.74 Å². The zero-order valence-corrected chi connectivity index (χ0v) is 13.9. The second kappa shape index (κ2) is 5.85. The lowest BCUT2D eigenvalue weighted by Crippen LogP contribution is -2.45. The average Bonchev–Trinajstić information content (AvgIpc) is 3.06. The number of ether oxygens (including phenoxy) is 1. The topological polar surface area (TPSA) is 56.2 Å². The van der Waals surface area contributed by atoms with E-state index in [9.17, 15) is 4.79 Å². The molecule has 0 bridgehead atoms. The maximum atomic E-state index is 12.5. The first kappa shape index (κ1) is 15.2. The Morgan fingerprint density at radius 1 is 1.45 bits per heavy atom. The molecular formula is C16H21N3O2S. The third kappa shape index (κ3) is 3.23. The third-order valence-electron chi connectivity index (χ3n) is 3.85. The van der Waals surface area contributed by atoms with Crippen LogP contribution in [0.15, 0.2) is 24.5 Å². The van der Waals surface area contributed by atoms with E-state index < -0.39 is 0 Å². The summed E-state index contributed by atoms with van der Waals surface area (Å²) in [5.74, 6) is -0.0314. The first-order valence-electron chi connectivity index (χ1n) is 7.50. The van der Waals surface area contributed by atoms with Crippen molar-refractivity contribution in [3.63, 3.8) is 0 Å². The molecule has 0 spiro atoms. The molecule has 2 aromatic rings. The Kier molecular flexibility index (Phi) is 4.06. The lowest BCUT2D eigenvalue weighted by atomic mass is 9.94. The van der Waals surface area contributed by atoms with E-state index in [1.807, 2.05) is 36.0 Å². The first-order chi connectivity index (χ1) is 10.4. The van der Waals surface area contributed by atoms with Gasteiger partial charge in [-0.15, -0.1) is 0 Å². The van der Waals surface area contributed by atoms with Crippen LogP contribution in [0.1, 0.15) is 42.1 Å². The van der Waals surface area contributed by atoms with Crippen LogP contribution < -0.4 is 5.32 Å². The molecule has 0 radical (unpaired) electrons. The molecule has 1 aliphatic heterocycles. The summed E-state index contributed by atoms with van der Waals surface area (Å²) < 4.78 is 7.62. The second-order valence-electron chi connectivity index (χ2n) is 6.27. The molecule has 0 saturated carbocycles. The van der Waals surface area contributed by atoms with E-state index in [0.29, 0.717) is 11.5 Å². The van der Waals surface area contributed by atoms with E-state index in [-0.39, 0.29) is 17.6 Å². The number of aryl methyl sites for hydroxylation is 1. The molecule has 118 valence electrons. The van der Waals surface area contributed by atoms with Crippen LogP contribution in [-0.4, -0.2) is 33.7 Å². The van der Waals surface area contributed by atoms with Gasteiger partial charge in [0.2, 0.25) is 0 Å². The summed E-state index contributed by atoms with van der Waals surface area (Å²) >= 11 is 1.42. The lowest BCUT2D eigenvalue weighted by molar-refractivity contribution is -0.0615. The summed E-state index contributed by atoms with van der Waals surface area (Å²) in [5.41, 5.74) is 0.604. The van der Waals surface area contributed by atoms with Crippen molar-refractivity contribution in [2.75, 3.05) is 6.61 Å². The summed E-state index contributed by atoms with van der Waals surface area (Å²) in [6.45, 7) is 6.70. The van der Waals surface area contributed by atoms with E-state index in [4.69, 9.17) is 4.74 Å². The highest BCUT2D eigenvalue weighted by Gasteiger charge is 2.30. The number of aromatic nitrogens is 2. The largest absolute Gasteiger partial charge is 0.375 e. The van der Waals surface area contributed by atoms with Crippen LogP contribution in [0.3, 0.4) is 0 Å². The number of nitrogens with one attached hydrogen (secondary N) is 1. The van der Waals surface area contributed by atoms with Crippen LogP contribution >= 0.6 is 11.3 Å². The molecule has 1 N–H and O–H groups in total. The molecule has 5 nitrogen and oxygen atoms in total. The zero-order valence-electron chi connectivity index (χ0n) is 13.1. The van der Waals surface area contributed by atoms with Gasteiger partial charge >= 0.3 is 0 Å². The highest BCUT2D eigenvalue weighted by atomic mass is 32.1. The zero-order chi connectivity index (χ0) is 15.7. The molecule has 1 atom stereocenters. The van der Waals surface area contributed by atoms with Crippen LogP contribution in [0.25, 0.3) is 5.13 Å². The van der Waals surface area contributed by atoms with E-state index in [1.165, 1.54) is 11.3 Å². The van der Waals surface area contributed by atoms with Gasteiger partial charge in [-0.3, -0.25) is 4.79 Å². The van der Waals surface area contributed by atoms with Crippen molar-refractivity contribution in [2.45, 2.75) is 45.3 Å². The fourth-order valence-corrected chi connectivity index (χ4v) is 3.71. The minimum atomic E-state index is -0.171. The van der Waals surface area contributed by atoms with Gasteiger partial charge < -0.3 is 14.6 Å². The minimum absolute atomic E-state index is 0.0314. The van der Waals surface area contributed by atoms with E-state index >= 15 is 0 Å². The van der Waals surface area contributed by atoms with Gasteiger partial charge in [0.25, 0.3) is 5.91 Å². The molecule has 1 fully saturated rings. The van der Waals surface area contributed by atoms with Crippen molar-refractivity contribution in [3.05, 3.63) is 35.1 Å². The molecule has 2 aromatic heterocycles. The number of carbonyl (C=O) groups excluding carboxylic acids is 1. The van der Waals surface area contributed by atoms with Gasteiger partial charge in [-0.1, -0.05) is 11.3 Å². The van der Waals surface area contributed by atoms with Crippen molar-refractivity contribution in [2.24, 2.45) is 0 Å². The van der Waals surface area contributed by atoms with E-state index in [1.54, 1.807) is 0 Å². The Bertz CT molecular complexity index is 661. The number of hydrogen-bond acceptors (Lipinski definition) is 4. The van der Waals surface area contributed by atoms with Gasteiger partial charge in [0.1, 0.15) is 4.88 Å². The normalized spacial score (nSPS) is 20.8. The molecule has 0 unspecified atom stereocenters. The molecular weight excluding hydrogens is 298 g/mol. The Morgan fingerprint density at radius 2 is 2.18 bits per heavy atom. The predicted octanol–water partition coefficient (Wildman–Crippen LogP) is 2.93. The second-order valence-corrected chi connectivity index (χ2v) is 7.25. The molecule has 6 heteroatoms. The van der Waals surface area contributed by atoms with Crippen molar-refractivity contribution in [3.8, 4) is 5.13 Å². The molecule has 0 aromatic carbocycles. The SMILES string of the molecule is Cc1nc(-n2cccc2)sc1C(=O)N[C@H]1CCOC(C)(C)C1. The Balaban J connectivity index is 1.73. The Morgan fingerprint density at radius 3 is 2.86 bits per heavy atom. The number of thiazole rings is 1. The van der Waals surface area contributed by atoms with Crippen molar-refractivity contribution < 1.29 is 9.53 Å². The molecule has 1 saturated heterocycles. The van der Waals surface area contributed by atoms with Gasteiger partial charge in [-0.25, -0.2) is 4.98 Å². The molecule has 3 rings (SSSR count). The number of amides is 1. The Hall–Kier alpha value is -1.66. The van der Waals surface area contributed by atoms with Crippen molar-refractivity contribution in [1.82, 2.24) is 14.9 Å². The standard InChI is InChI=1S/C16H21N3O2S/c1-11-13(22-15(17-11)19-7-4-5-8-19)14(20)18-12-6-9-21-16(2,3)10-12/h4-5,7-8,12H,6,9-10H2,1-3H3,(H,18,20)/t12-/m0/s1. The minimum Gasteiger partial charge on any atom is -0.375 e. The van der Waals surface area contributed by atoms with Crippen LogP contribution in [0.4, 0.5) is 0 Å². The summed E-state index contributed by atoms with van der Waals surface area (Å²) in [6.07, 6.45) is 5.56. The molecule has 1 amide bonds. The lowest BCUT2D eigenvalue weighted by Gasteiger charge is -2.35. The first-order valence-corrected chi connectivity index (χ1v) is 8.32.